The maximum Gasteiger partial charge on any atom is 0.0244 e. The summed E-state index contributed by atoms with van der Waals surface area (Å²) in [7, 11) is 0. The van der Waals surface area contributed by atoms with Crippen molar-refractivity contribution in [2.24, 2.45) is 5.92 Å². The summed E-state index contributed by atoms with van der Waals surface area (Å²) in [6.07, 6.45) is 1.01. The zero-order chi connectivity index (χ0) is 11.3. The summed E-state index contributed by atoms with van der Waals surface area (Å²) in [6.45, 7) is 12.2. The third-order valence-electron chi connectivity index (χ3n) is 3.12. The lowest BCUT2D eigenvalue weighted by Crippen LogP contribution is -2.57. The lowest BCUT2D eigenvalue weighted by Gasteiger charge is -2.41. The highest BCUT2D eigenvalue weighted by molar-refractivity contribution is 4.96. The molecular weight excluding hydrogens is 184 g/mol. The first kappa shape index (κ1) is 12.5. The van der Waals surface area contributed by atoms with Crippen molar-refractivity contribution in [3.63, 3.8) is 0 Å². The summed E-state index contributed by atoms with van der Waals surface area (Å²) in [5.41, 5.74) is 0. The number of piperazine rings is 1. The minimum atomic E-state index is 0.620. The van der Waals surface area contributed by atoms with Crippen molar-refractivity contribution < 1.29 is 0 Å². The monoisotopic (exact) mass is 208 g/mol. The van der Waals surface area contributed by atoms with Crippen LogP contribution in [0.3, 0.4) is 0 Å². The average molecular weight is 208 g/mol. The fourth-order valence-electron chi connectivity index (χ4n) is 2.24. The van der Waals surface area contributed by atoms with Gasteiger partial charge < -0.3 is 5.32 Å². The van der Waals surface area contributed by atoms with E-state index in [1.165, 1.54) is 0 Å². The van der Waals surface area contributed by atoms with Gasteiger partial charge in [0.15, 0.2) is 0 Å². The molecule has 1 aliphatic heterocycles. The Labute approximate surface area is 94.4 Å². The minimum absolute atomic E-state index is 0.620. The SMILES string of the molecule is CC#CCCN1CC(C)NCC1C(C)C. The van der Waals surface area contributed by atoms with E-state index in [9.17, 15) is 0 Å². The zero-order valence-corrected chi connectivity index (χ0v) is 10.5. The van der Waals surface area contributed by atoms with Crippen LogP contribution in [0.15, 0.2) is 0 Å². The first-order valence-corrected chi connectivity index (χ1v) is 6.02. The van der Waals surface area contributed by atoms with Gasteiger partial charge in [0.25, 0.3) is 0 Å². The Hall–Kier alpha value is -0.520. The molecule has 0 aliphatic carbocycles. The Morgan fingerprint density at radius 3 is 2.80 bits per heavy atom. The molecule has 0 aromatic carbocycles. The molecule has 1 rings (SSSR count). The summed E-state index contributed by atoms with van der Waals surface area (Å²) in [4.78, 5) is 2.59. The maximum atomic E-state index is 3.56. The summed E-state index contributed by atoms with van der Waals surface area (Å²) in [6, 6.07) is 1.30. The molecule has 15 heavy (non-hydrogen) atoms. The standard InChI is InChI=1S/C13H24N2/c1-5-6-7-8-15-10-12(4)14-9-13(15)11(2)3/h11-14H,7-10H2,1-4H3. The van der Waals surface area contributed by atoms with Gasteiger partial charge in [-0.05, 0) is 19.8 Å². The van der Waals surface area contributed by atoms with Crippen LogP contribution in [0.1, 0.15) is 34.1 Å². The molecule has 0 bridgehead atoms. The highest BCUT2D eigenvalue weighted by Crippen LogP contribution is 2.15. The predicted octanol–water partition coefficient (Wildman–Crippen LogP) is 1.72. The Bertz CT molecular complexity index is 237. The molecule has 1 heterocycles. The van der Waals surface area contributed by atoms with Crippen molar-refractivity contribution in [2.75, 3.05) is 19.6 Å². The molecular formula is C13H24N2. The van der Waals surface area contributed by atoms with Crippen molar-refractivity contribution in [3.05, 3.63) is 0 Å². The summed E-state index contributed by atoms with van der Waals surface area (Å²) < 4.78 is 0. The van der Waals surface area contributed by atoms with Crippen molar-refractivity contribution in [1.29, 1.82) is 0 Å². The van der Waals surface area contributed by atoms with E-state index in [0.29, 0.717) is 12.1 Å². The Kier molecular flexibility index (Phi) is 5.14. The first-order valence-electron chi connectivity index (χ1n) is 6.02. The van der Waals surface area contributed by atoms with E-state index in [-0.39, 0.29) is 0 Å². The fourth-order valence-corrected chi connectivity index (χ4v) is 2.24. The molecule has 0 amide bonds. The quantitative estimate of drug-likeness (QED) is 0.710. The van der Waals surface area contributed by atoms with E-state index in [2.05, 4.69) is 42.8 Å². The third-order valence-corrected chi connectivity index (χ3v) is 3.12. The molecule has 1 fully saturated rings. The smallest absolute Gasteiger partial charge is 0.0244 e. The van der Waals surface area contributed by atoms with E-state index in [0.717, 1.165) is 32.0 Å². The number of hydrogen-bond acceptors (Lipinski definition) is 2. The highest BCUT2D eigenvalue weighted by Gasteiger charge is 2.27. The lowest BCUT2D eigenvalue weighted by molar-refractivity contribution is 0.106. The van der Waals surface area contributed by atoms with Crippen molar-refractivity contribution >= 4 is 0 Å². The van der Waals surface area contributed by atoms with Crippen LogP contribution in [0, 0.1) is 17.8 Å². The van der Waals surface area contributed by atoms with Crippen LogP contribution in [0.2, 0.25) is 0 Å². The molecule has 2 nitrogen and oxygen atoms in total. The number of nitrogens with one attached hydrogen (secondary N) is 1. The van der Waals surface area contributed by atoms with Gasteiger partial charge in [-0.25, -0.2) is 0 Å². The molecule has 1 saturated heterocycles. The van der Waals surface area contributed by atoms with Crippen molar-refractivity contribution in [2.45, 2.75) is 46.2 Å². The molecule has 0 aromatic heterocycles. The van der Waals surface area contributed by atoms with Crippen LogP contribution in [0.4, 0.5) is 0 Å². The van der Waals surface area contributed by atoms with Gasteiger partial charge in [0.05, 0.1) is 0 Å². The van der Waals surface area contributed by atoms with Crippen LogP contribution in [-0.4, -0.2) is 36.6 Å². The van der Waals surface area contributed by atoms with Crippen molar-refractivity contribution in [1.82, 2.24) is 10.2 Å². The van der Waals surface area contributed by atoms with Gasteiger partial charge in [-0.15, -0.1) is 11.8 Å². The predicted molar refractivity (Wildman–Crippen MR) is 65.7 cm³/mol. The van der Waals surface area contributed by atoms with Crippen LogP contribution in [0.25, 0.3) is 0 Å². The Balaban J connectivity index is 2.48. The average Bonchev–Trinajstić information content (AvgIpc) is 2.18. The molecule has 1 N–H and O–H groups in total. The van der Waals surface area contributed by atoms with Gasteiger partial charge >= 0.3 is 0 Å². The molecule has 2 atom stereocenters. The molecule has 0 saturated carbocycles. The van der Waals surface area contributed by atoms with E-state index < -0.39 is 0 Å². The Morgan fingerprint density at radius 1 is 1.47 bits per heavy atom. The van der Waals surface area contributed by atoms with E-state index in [1.54, 1.807) is 0 Å². The molecule has 0 radical (unpaired) electrons. The molecule has 2 heteroatoms. The summed E-state index contributed by atoms with van der Waals surface area (Å²) in [5.74, 6) is 6.85. The molecule has 0 aromatic rings. The van der Waals surface area contributed by atoms with Crippen LogP contribution in [0.5, 0.6) is 0 Å². The van der Waals surface area contributed by atoms with Gasteiger partial charge in [0.2, 0.25) is 0 Å². The molecule has 1 aliphatic rings. The number of hydrogen-bond donors (Lipinski definition) is 1. The summed E-state index contributed by atoms with van der Waals surface area (Å²) in [5, 5.41) is 3.56. The second-order valence-electron chi connectivity index (χ2n) is 4.79. The minimum Gasteiger partial charge on any atom is -0.311 e. The van der Waals surface area contributed by atoms with Gasteiger partial charge in [-0.3, -0.25) is 4.90 Å². The zero-order valence-electron chi connectivity index (χ0n) is 10.5. The number of rotatable bonds is 3. The van der Waals surface area contributed by atoms with Gasteiger partial charge in [-0.1, -0.05) is 13.8 Å². The Morgan fingerprint density at radius 2 is 2.20 bits per heavy atom. The van der Waals surface area contributed by atoms with E-state index in [4.69, 9.17) is 0 Å². The topological polar surface area (TPSA) is 15.3 Å². The maximum absolute atomic E-state index is 3.56. The van der Waals surface area contributed by atoms with Crippen LogP contribution < -0.4 is 5.32 Å². The third kappa shape index (κ3) is 3.85. The summed E-state index contributed by atoms with van der Waals surface area (Å²) >= 11 is 0. The van der Waals surface area contributed by atoms with E-state index in [1.807, 2.05) is 6.92 Å². The fraction of sp³-hybridized carbons (Fsp3) is 0.846. The largest absolute Gasteiger partial charge is 0.311 e. The first-order chi connectivity index (χ1) is 7.15. The molecule has 86 valence electrons. The normalized spacial score (nSPS) is 27.5. The van der Waals surface area contributed by atoms with E-state index >= 15 is 0 Å². The molecule has 0 spiro atoms. The van der Waals surface area contributed by atoms with Gasteiger partial charge in [0, 0.05) is 38.1 Å². The van der Waals surface area contributed by atoms with Gasteiger partial charge in [0.1, 0.15) is 0 Å². The van der Waals surface area contributed by atoms with Crippen LogP contribution >= 0.6 is 0 Å². The number of nitrogens with zero attached hydrogens (tertiary/aromatic N) is 1. The van der Waals surface area contributed by atoms with Gasteiger partial charge in [-0.2, -0.15) is 0 Å². The highest BCUT2D eigenvalue weighted by atomic mass is 15.2. The molecule has 2 unspecified atom stereocenters. The second-order valence-corrected chi connectivity index (χ2v) is 4.79. The van der Waals surface area contributed by atoms with Crippen molar-refractivity contribution in [3.8, 4) is 11.8 Å². The lowest BCUT2D eigenvalue weighted by atomic mass is 9.98. The second kappa shape index (κ2) is 6.15. The van der Waals surface area contributed by atoms with Crippen LogP contribution in [-0.2, 0) is 0 Å².